The molecule has 2 aromatic carbocycles. The van der Waals surface area contributed by atoms with E-state index < -0.39 is 0 Å². The third-order valence-corrected chi connectivity index (χ3v) is 4.46. The highest BCUT2D eigenvalue weighted by Gasteiger charge is 2.12. The number of benzene rings is 2. The van der Waals surface area contributed by atoms with Gasteiger partial charge in [-0.05, 0) is 42.7 Å². The van der Waals surface area contributed by atoms with Crippen LogP contribution in [0.3, 0.4) is 0 Å². The Morgan fingerprint density at radius 3 is 2.71 bits per heavy atom. The minimum absolute atomic E-state index is 0.132. The van der Waals surface area contributed by atoms with Gasteiger partial charge in [-0.15, -0.1) is 11.8 Å². The van der Waals surface area contributed by atoms with Gasteiger partial charge in [0.1, 0.15) is 0 Å². The lowest BCUT2D eigenvalue weighted by Crippen LogP contribution is -2.15. The van der Waals surface area contributed by atoms with Gasteiger partial charge in [0.2, 0.25) is 5.91 Å². The van der Waals surface area contributed by atoms with Crippen molar-refractivity contribution in [2.24, 2.45) is 0 Å². The van der Waals surface area contributed by atoms with Crippen LogP contribution in [0.15, 0.2) is 64.0 Å². The van der Waals surface area contributed by atoms with Crippen molar-refractivity contribution in [3.05, 3.63) is 65.3 Å². The van der Waals surface area contributed by atoms with E-state index in [2.05, 4.69) is 10.5 Å². The Morgan fingerprint density at radius 1 is 1.21 bits per heavy atom. The van der Waals surface area contributed by atoms with Crippen LogP contribution in [0.5, 0.6) is 0 Å². The largest absolute Gasteiger partial charge is 0.356 e. The molecule has 1 heterocycles. The van der Waals surface area contributed by atoms with E-state index in [1.54, 1.807) is 30.0 Å². The molecule has 3 aromatic rings. The van der Waals surface area contributed by atoms with Crippen molar-refractivity contribution < 1.29 is 9.32 Å². The first kappa shape index (κ1) is 16.6. The third-order valence-electron chi connectivity index (χ3n) is 3.41. The number of halogens is 1. The Hall–Kier alpha value is -2.24. The molecule has 0 radical (unpaired) electrons. The molecule has 0 spiro atoms. The predicted octanol–water partition coefficient (Wildman–Crippen LogP) is 4.90. The molecule has 0 aliphatic heterocycles. The van der Waals surface area contributed by atoms with Gasteiger partial charge < -0.3 is 9.84 Å². The second-order valence-corrected chi connectivity index (χ2v) is 6.40. The van der Waals surface area contributed by atoms with Gasteiger partial charge in [-0.3, -0.25) is 4.79 Å². The Bertz CT molecular complexity index is 846. The van der Waals surface area contributed by atoms with Crippen molar-refractivity contribution in [1.29, 1.82) is 0 Å². The lowest BCUT2D eigenvalue weighted by atomic mass is 10.1. The smallest absolute Gasteiger partial charge is 0.230 e. The van der Waals surface area contributed by atoms with E-state index in [4.69, 9.17) is 16.1 Å². The fraction of sp³-hybridized carbons (Fsp3) is 0.111. The Labute approximate surface area is 149 Å². The van der Waals surface area contributed by atoms with Crippen molar-refractivity contribution in [3.63, 3.8) is 0 Å². The zero-order valence-corrected chi connectivity index (χ0v) is 14.5. The number of carbonyl (C=O) groups is 1. The number of nitrogens with one attached hydrogen (secondary N) is 1. The minimum Gasteiger partial charge on any atom is -0.356 e. The SMILES string of the molecule is CSc1ccccc1NC(=O)Cc1cc(-c2ccc(Cl)cc2)on1. The van der Waals surface area contributed by atoms with E-state index in [1.165, 1.54) is 0 Å². The zero-order chi connectivity index (χ0) is 16.9. The summed E-state index contributed by atoms with van der Waals surface area (Å²) in [5.41, 5.74) is 2.25. The molecule has 0 unspecified atom stereocenters. The molecule has 0 fully saturated rings. The summed E-state index contributed by atoms with van der Waals surface area (Å²) >= 11 is 7.46. The molecule has 1 N–H and O–H groups in total. The highest BCUT2D eigenvalue weighted by molar-refractivity contribution is 7.98. The molecular weight excluding hydrogens is 344 g/mol. The van der Waals surface area contributed by atoms with Crippen molar-refractivity contribution in [3.8, 4) is 11.3 Å². The van der Waals surface area contributed by atoms with Crippen molar-refractivity contribution in [2.45, 2.75) is 11.3 Å². The Morgan fingerprint density at radius 2 is 1.96 bits per heavy atom. The van der Waals surface area contributed by atoms with Crippen molar-refractivity contribution in [2.75, 3.05) is 11.6 Å². The van der Waals surface area contributed by atoms with Gasteiger partial charge in [-0.25, -0.2) is 0 Å². The summed E-state index contributed by atoms with van der Waals surface area (Å²) in [5.74, 6) is 0.478. The molecule has 3 rings (SSSR count). The first-order chi connectivity index (χ1) is 11.7. The summed E-state index contributed by atoms with van der Waals surface area (Å²) in [5, 5.41) is 7.53. The summed E-state index contributed by atoms with van der Waals surface area (Å²) < 4.78 is 5.31. The number of hydrogen-bond donors (Lipinski definition) is 1. The second-order valence-electron chi connectivity index (χ2n) is 5.11. The van der Waals surface area contributed by atoms with Gasteiger partial charge >= 0.3 is 0 Å². The first-order valence-electron chi connectivity index (χ1n) is 7.30. The second kappa shape index (κ2) is 7.55. The molecule has 0 bridgehead atoms. The van der Waals surface area contributed by atoms with E-state index in [0.717, 1.165) is 16.1 Å². The van der Waals surface area contributed by atoms with Gasteiger partial charge in [0.05, 0.1) is 17.8 Å². The summed E-state index contributed by atoms with van der Waals surface area (Å²) in [7, 11) is 0. The molecular formula is C18H15ClN2O2S. The van der Waals surface area contributed by atoms with Crippen LogP contribution >= 0.6 is 23.4 Å². The van der Waals surface area contributed by atoms with Gasteiger partial charge in [-0.1, -0.05) is 28.9 Å². The van der Waals surface area contributed by atoms with E-state index in [1.807, 2.05) is 42.7 Å². The maximum atomic E-state index is 12.2. The number of thioether (sulfide) groups is 1. The average Bonchev–Trinajstić information content (AvgIpc) is 3.04. The van der Waals surface area contributed by atoms with Crippen LogP contribution in [0.1, 0.15) is 5.69 Å². The van der Waals surface area contributed by atoms with Gasteiger partial charge in [-0.2, -0.15) is 0 Å². The number of rotatable bonds is 5. The lowest BCUT2D eigenvalue weighted by Gasteiger charge is -2.08. The number of aromatic nitrogens is 1. The van der Waals surface area contributed by atoms with E-state index in [-0.39, 0.29) is 12.3 Å². The van der Waals surface area contributed by atoms with E-state index in [0.29, 0.717) is 16.5 Å². The van der Waals surface area contributed by atoms with Crippen LogP contribution in [0, 0.1) is 0 Å². The number of hydrogen-bond acceptors (Lipinski definition) is 4. The molecule has 0 saturated carbocycles. The molecule has 0 atom stereocenters. The highest BCUT2D eigenvalue weighted by Crippen LogP contribution is 2.25. The van der Waals surface area contributed by atoms with Gasteiger partial charge in [0, 0.05) is 21.5 Å². The molecule has 6 heteroatoms. The maximum Gasteiger partial charge on any atom is 0.230 e. The molecule has 0 aliphatic carbocycles. The summed E-state index contributed by atoms with van der Waals surface area (Å²) in [6.07, 6.45) is 2.13. The van der Waals surface area contributed by atoms with Gasteiger partial charge in [0.15, 0.2) is 5.76 Å². The van der Waals surface area contributed by atoms with Gasteiger partial charge in [0.25, 0.3) is 0 Å². The van der Waals surface area contributed by atoms with Crippen LogP contribution in [0.25, 0.3) is 11.3 Å². The topological polar surface area (TPSA) is 55.1 Å². The highest BCUT2D eigenvalue weighted by atomic mass is 35.5. The van der Waals surface area contributed by atoms with Crippen molar-refractivity contribution in [1.82, 2.24) is 5.16 Å². The summed E-state index contributed by atoms with van der Waals surface area (Å²) in [4.78, 5) is 13.2. The monoisotopic (exact) mass is 358 g/mol. The Balaban J connectivity index is 1.68. The minimum atomic E-state index is -0.132. The lowest BCUT2D eigenvalue weighted by molar-refractivity contribution is -0.115. The normalized spacial score (nSPS) is 10.6. The van der Waals surface area contributed by atoms with E-state index in [9.17, 15) is 4.79 Å². The fourth-order valence-electron chi connectivity index (χ4n) is 2.25. The molecule has 1 amide bonds. The van der Waals surface area contributed by atoms with Crippen LogP contribution in [-0.4, -0.2) is 17.3 Å². The molecule has 0 saturated heterocycles. The average molecular weight is 359 g/mol. The Kier molecular flexibility index (Phi) is 5.23. The quantitative estimate of drug-likeness (QED) is 0.659. The van der Waals surface area contributed by atoms with E-state index >= 15 is 0 Å². The number of para-hydroxylation sites is 1. The van der Waals surface area contributed by atoms with Crippen molar-refractivity contribution >= 4 is 35.0 Å². The first-order valence-corrected chi connectivity index (χ1v) is 8.90. The zero-order valence-electron chi connectivity index (χ0n) is 13.0. The number of anilines is 1. The maximum absolute atomic E-state index is 12.2. The van der Waals surface area contributed by atoms with Crippen LogP contribution in [0.2, 0.25) is 5.02 Å². The van der Waals surface area contributed by atoms with Crippen LogP contribution in [-0.2, 0) is 11.2 Å². The van der Waals surface area contributed by atoms with Crippen LogP contribution in [0.4, 0.5) is 5.69 Å². The molecule has 4 nitrogen and oxygen atoms in total. The molecule has 122 valence electrons. The number of nitrogens with zero attached hydrogens (tertiary/aromatic N) is 1. The fourth-order valence-corrected chi connectivity index (χ4v) is 2.93. The predicted molar refractivity (Wildman–Crippen MR) is 97.5 cm³/mol. The third kappa shape index (κ3) is 3.99. The number of carbonyl (C=O) groups excluding carboxylic acids is 1. The molecule has 1 aromatic heterocycles. The standard InChI is InChI=1S/C18H15ClN2O2S/c1-24-17-5-3-2-4-15(17)20-18(22)11-14-10-16(23-21-14)12-6-8-13(19)9-7-12/h2-10H,11H2,1H3,(H,20,22). The molecule has 24 heavy (non-hydrogen) atoms. The number of amides is 1. The molecule has 0 aliphatic rings. The summed E-state index contributed by atoms with van der Waals surface area (Å²) in [6.45, 7) is 0. The summed E-state index contributed by atoms with van der Waals surface area (Å²) in [6, 6.07) is 16.7. The van der Waals surface area contributed by atoms with Crippen LogP contribution < -0.4 is 5.32 Å².